The zero-order chi connectivity index (χ0) is 14.2. The van der Waals surface area contributed by atoms with Crippen LogP contribution in [-0.2, 0) is 0 Å². The first-order valence-electron chi connectivity index (χ1n) is 8.12. The van der Waals surface area contributed by atoms with Crippen LogP contribution in [-0.4, -0.2) is 34.1 Å². The standard InChI is InChI=1S/C16H23N5.ClH/c1-10(11-4-5-11)13-8-18-15-14(13)16(20-9-19-15)21-12-3-2-6-17-7-12;/h8-12,17H,2-7H2,1H3,(H2,18,19,20,21);1H/t10?,12-;/m1./s1. The summed E-state index contributed by atoms with van der Waals surface area (Å²) in [5.41, 5.74) is 2.33. The van der Waals surface area contributed by atoms with E-state index in [1.165, 1.54) is 36.6 Å². The molecule has 5 nitrogen and oxygen atoms in total. The minimum atomic E-state index is 0. The molecule has 1 saturated heterocycles. The second kappa shape index (κ2) is 6.42. The zero-order valence-electron chi connectivity index (χ0n) is 12.9. The maximum atomic E-state index is 4.53. The van der Waals surface area contributed by atoms with E-state index in [4.69, 9.17) is 0 Å². The quantitative estimate of drug-likeness (QED) is 0.809. The van der Waals surface area contributed by atoms with Crippen LogP contribution in [0.1, 0.15) is 44.1 Å². The van der Waals surface area contributed by atoms with Crippen LogP contribution in [0.25, 0.3) is 11.0 Å². The second-order valence-electron chi connectivity index (χ2n) is 6.50. The lowest BCUT2D eigenvalue weighted by atomic mass is 9.96. The Morgan fingerprint density at radius 3 is 2.86 bits per heavy atom. The number of rotatable bonds is 4. The van der Waals surface area contributed by atoms with E-state index in [9.17, 15) is 0 Å². The van der Waals surface area contributed by atoms with Gasteiger partial charge in [0.15, 0.2) is 0 Å². The molecule has 1 aliphatic heterocycles. The van der Waals surface area contributed by atoms with Crippen molar-refractivity contribution in [1.29, 1.82) is 0 Å². The highest BCUT2D eigenvalue weighted by Gasteiger charge is 2.31. The third kappa shape index (κ3) is 2.92. The molecular weight excluding hydrogens is 298 g/mol. The number of hydrogen-bond acceptors (Lipinski definition) is 4. The molecule has 4 rings (SSSR count). The predicted octanol–water partition coefficient (Wildman–Crippen LogP) is 3.06. The summed E-state index contributed by atoms with van der Waals surface area (Å²) in [6, 6.07) is 0.468. The summed E-state index contributed by atoms with van der Waals surface area (Å²) in [6.45, 7) is 4.48. The van der Waals surface area contributed by atoms with Crippen molar-refractivity contribution in [2.45, 2.75) is 44.6 Å². The van der Waals surface area contributed by atoms with Gasteiger partial charge in [0.1, 0.15) is 17.8 Å². The first-order chi connectivity index (χ1) is 10.3. The van der Waals surface area contributed by atoms with Crippen LogP contribution in [0.15, 0.2) is 12.5 Å². The van der Waals surface area contributed by atoms with Crippen molar-refractivity contribution in [1.82, 2.24) is 20.3 Å². The Balaban J connectivity index is 0.00000144. The van der Waals surface area contributed by atoms with Gasteiger partial charge in [0.05, 0.1) is 5.39 Å². The molecule has 0 spiro atoms. The Kier molecular flexibility index (Phi) is 4.54. The van der Waals surface area contributed by atoms with Crippen molar-refractivity contribution in [2.75, 3.05) is 18.4 Å². The van der Waals surface area contributed by atoms with Crippen LogP contribution in [0.5, 0.6) is 0 Å². The van der Waals surface area contributed by atoms with Crippen molar-refractivity contribution in [3.8, 4) is 0 Å². The number of halogens is 1. The minimum absolute atomic E-state index is 0. The summed E-state index contributed by atoms with van der Waals surface area (Å²) in [6.07, 6.45) is 8.93. The highest BCUT2D eigenvalue weighted by molar-refractivity contribution is 5.91. The molecular formula is C16H24ClN5. The molecule has 0 radical (unpaired) electrons. The van der Waals surface area contributed by atoms with Gasteiger partial charge in [-0.2, -0.15) is 0 Å². The maximum absolute atomic E-state index is 4.53. The number of aromatic amines is 1. The first-order valence-corrected chi connectivity index (χ1v) is 8.12. The Labute approximate surface area is 137 Å². The Hall–Kier alpha value is -1.33. The second-order valence-corrected chi connectivity index (χ2v) is 6.50. The van der Waals surface area contributed by atoms with Crippen LogP contribution in [0.2, 0.25) is 0 Å². The van der Waals surface area contributed by atoms with E-state index >= 15 is 0 Å². The van der Waals surface area contributed by atoms with Gasteiger partial charge in [-0.3, -0.25) is 0 Å². The molecule has 0 aromatic carbocycles. The number of piperidine rings is 1. The minimum Gasteiger partial charge on any atom is -0.365 e. The van der Waals surface area contributed by atoms with Gasteiger partial charge in [-0.15, -0.1) is 12.4 Å². The fraction of sp³-hybridized carbons (Fsp3) is 0.625. The summed E-state index contributed by atoms with van der Waals surface area (Å²) in [7, 11) is 0. The molecule has 2 aromatic heterocycles. The molecule has 2 atom stereocenters. The maximum Gasteiger partial charge on any atom is 0.143 e. The summed E-state index contributed by atoms with van der Waals surface area (Å²) in [5.74, 6) is 2.43. The average Bonchev–Trinajstić information content (AvgIpc) is 3.27. The number of anilines is 1. The normalized spacial score (nSPS) is 23.0. The highest BCUT2D eigenvalue weighted by Crippen LogP contribution is 2.44. The Morgan fingerprint density at radius 2 is 2.14 bits per heavy atom. The van der Waals surface area contributed by atoms with Crippen LogP contribution >= 0.6 is 12.4 Å². The number of aromatic nitrogens is 3. The third-order valence-electron chi connectivity index (χ3n) is 4.96. The van der Waals surface area contributed by atoms with Gasteiger partial charge in [-0.1, -0.05) is 6.92 Å². The van der Waals surface area contributed by atoms with Gasteiger partial charge in [-0.25, -0.2) is 9.97 Å². The molecule has 120 valence electrons. The van der Waals surface area contributed by atoms with Gasteiger partial charge in [0.25, 0.3) is 0 Å². The van der Waals surface area contributed by atoms with Crippen LogP contribution < -0.4 is 10.6 Å². The smallest absolute Gasteiger partial charge is 0.143 e. The number of nitrogens with one attached hydrogen (secondary N) is 3. The highest BCUT2D eigenvalue weighted by atomic mass is 35.5. The fourth-order valence-corrected chi connectivity index (χ4v) is 3.47. The molecule has 3 heterocycles. The Morgan fingerprint density at radius 1 is 1.27 bits per heavy atom. The molecule has 3 N–H and O–H groups in total. The van der Waals surface area contributed by atoms with E-state index < -0.39 is 0 Å². The van der Waals surface area contributed by atoms with Crippen molar-refractivity contribution in [2.24, 2.45) is 5.92 Å². The lowest BCUT2D eigenvalue weighted by Gasteiger charge is -2.24. The van der Waals surface area contributed by atoms with Gasteiger partial charge in [0, 0.05) is 18.8 Å². The zero-order valence-corrected chi connectivity index (χ0v) is 13.7. The lowest BCUT2D eigenvalue weighted by Crippen LogP contribution is -2.38. The number of nitrogens with zero attached hydrogens (tertiary/aromatic N) is 2. The Bertz CT molecular complexity index is 630. The summed E-state index contributed by atoms with van der Waals surface area (Å²) < 4.78 is 0. The largest absolute Gasteiger partial charge is 0.365 e. The summed E-state index contributed by atoms with van der Waals surface area (Å²) in [5, 5.41) is 8.28. The predicted molar refractivity (Wildman–Crippen MR) is 91.8 cm³/mol. The number of hydrogen-bond donors (Lipinski definition) is 3. The fourth-order valence-electron chi connectivity index (χ4n) is 3.47. The SMILES string of the molecule is CC(c1c[nH]c2ncnc(N[C@@H]3CCCNC3)c12)C1CC1.Cl. The number of H-pyrrole nitrogens is 1. The molecule has 6 heteroatoms. The van der Waals surface area contributed by atoms with Crippen LogP contribution in [0, 0.1) is 5.92 Å². The van der Waals surface area contributed by atoms with E-state index in [1.807, 2.05) is 0 Å². The van der Waals surface area contributed by atoms with E-state index in [2.05, 4.69) is 38.7 Å². The van der Waals surface area contributed by atoms with E-state index in [1.54, 1.807) is 6.33 Å². The first kappa shape index (κ1) is 15.6. The van der Waals surface area contributed by atoms with Crippen LogP contribution in [0.3, 0.4) is 0 Å². The van der Waals surface area contributed by atoms with Gasteiger partial charge in [0.2, 0.25) is 0 Å². The van der Waals surface area contributed by atoms with Gasteiger partial charge < -0.3 is 15.6 Å². The molecule has 1 aliphatic carbocycles. The molecule has 1 unspecified atom stereocenters. The monoisotopic (exact) mass is 321 g/mol. The molecule has 2 fully saturated rings. The van der Waals surface area contributed by atoms with Crippen molar-refractivity contribution < 1.29 is 0 Å². The number of fused-ring (bicyclic) bond motifs is 1. The van der Waals surface area contributed by atoms with Gasteiger partial charge in [-0.05, 0) is 49.6 Å². The molecule has 2 aliphatic rings. The van der Waals surface area contributed by atoms with Crippen molar-refractivity contribution in [3.63, 3.8) is 0 Å². The van der Waals surface area contributed by atoms with Crippen molar-refractivity contribution in [3.05, 3.63) is 18.1 Å². The van der Waals surface area contributed by atoms with E-state index in [0.717, 1.165) is 30.5 Å². The molecule has 0 amide bonds. The average molecular weight is 322 g/mol. The van der Waals surface area contributed by atoms with Crippen LogP contribution in [0.4, 0.5) is 5.82 Å². The van der Waals surface area contributed by atoms with E-state index in [0.29, 0.717) is 12.0 Å². The summed E-state index contributed by atoms with van der Waals surface area (Å²) >= 11 is 0. The summed E-state index contributed by atoms with van der Waals surface area (Å²) in [4.78, 5) is 12.2. The van der Waals surface area contributed by atoms with E-state index in [-0.39, 0.29) is 12.4 Å². The molecule has 0 bridgehead atoms. The molecule has 2 aromatic rings. The third-order valence-corrected chi connectivity index (χ3v) is 4.96. The lowest BCUT2D eigenvalue weighted by molar-refractivity contribution is 0.479. The topological polar surface area (TPSA) is 65.6 Å². The van der Waals surface area contributed by atoms with Crippen molar-refractivity contribution >= 4 is 29.3 Å². The molecule has 1 saturated carbocycles. The van der Waals surface area contributed by atoms with Gasteiger partial charge >= 0.3 is 0 Å². The molecule has 22 heavy (non-hydrogen) atoms.